The molecule has 0 aliphatic carbocycles. The van der Waals surface area contributed by atoms with Gasteiger partial charge in [0.25, 0.3) is 0 Å². The summed E-state index contributed by atoms with van der Waals surface area (Å²) in [5, 5.41) is 2.71. The molecule has 0 aromatic heterocycles. The molecule has 2 aromatic carbocycles. The van der Waals surface area contributed by atoms with Gasteiger partial charge in [-0.3, -0.25) is 42.2 Å². The van der Waals surface area contributed by atoms with Gasteiger partial charge in [0.15, 0.2) is 5.78 Å². The Hall–Kier alpha value is -8.37. The van der Waals surface area contributed by atoms with Gasteiger partial charge in [0.1, 0.15) is 24.1 Å². The monoisotopic (exact) mass is 2180 g/mol. The van der Waals surface area contributed by atoms with Crippen LogP contribution in [-0.4, -0.2) is 205 Å². The fraction of sp³-hybridized carbons (Fsp3) is 0.724. The first kappa shape index (κ1) is 154. The first-order chi connectivity index (χ1) is 67.4. The first-order valence-corrected chi connectivity index (χ1v) is 57.5. The molecule has 0 aliphatic heterocycles. The normalized spacial score (nSPS) is 14.2. The van der Waals surface area contributed by atoms with E-state index in [1.54, 1.807) is 105 Å². The lowest BCUT2D eigenvalue weighted by molar-refractivity contribution is -0.165. The second-order valence-corrected chi connectivity index (χ2v) is 46.3. The zero-order valence-corrected chi connectivity index (χ0v) is 100. The average molecular weight is 2180 g/mol. The summed E-state index contributed by atoms with van der Waals surface area (Å²) in [5.74, 6) is 0.115. The smallest absolute Gasteiger partial charge is 0.463 e. The van der Waals surface area contributed by atoms with Gasteiger partial charge in [-0.05, 0) is 225 Å². The lowest BCUT2D eigenvalue weighted by Gasteiger charge is -2.34. The molecule has 0 heterocycles. The predicted molar refractivity (Wildman–Crippen MR) is 569 cm³/mol. The van der Waals surface area contributed by atoms with Crippen LogP contribution >= 0.6 is 30.4 Å². The Balaban J connectivity index is -0.000000251. The van der Waals surface area contributed by atoms with Crippen LogP contribution in [0.5, 0.6) is 0 Å². The molecular formula is C105H189NO37P4. The molecule has 0 radical (unpaired) electrons. The molecule has 0 spiro atoms. The van der Waals surface area contributed by atoms with Gasteiger partial charge >= 0.3 is 75.7 Å². The summed E-state index contributed by atoms with van der Waals surface area (Å²) in [6, 6.07) is 14.2. The number of benzene rings is 2. The van der Waals surface area contributed by atoms with E-state index < -0.39 is 109 Å². The second kappa shape index (κ2) is 86.2. The van der Waals surface area contributed by atoms with E-state index >= 15 is 0 Å². The highest BCUT2D eigenvalue weighted by atomic mass is 31.2. The van der Waals surface area contributed by atoms with Gasteiger partial charge in [-0.15, -0.1) is 0 Å². The van der Waals surface area contributed by atoms with Gasteiger partial charge in [0.05, 0.1) is 69.1 Å². The number of hydrogen-bond donors (Lipinski definition) is 1. The number of amides is 1. The molecule has 12 unspecified atom stereocenters. The highest BCUT2D eigenvalue weighted by Gasteiger charge is 2.42. The molecule has 38 nitrogen and oxygen atoms in total. The minimum Gasteiger partial charge on any atom is -0.463 e. The Morgan fingerprint density at radius 3 is 1.03 bits per heavy atom. The SMILES string of the molecule is CC(=O)/C=C/C(=O)OCC(C)C.CC(=O)CC(C)C.CC(=O)NCC(C)C.CC(=O)OC(C)C(C)C.CCC(C)C.CCOC(=O)/C=C/C(=O)OC(C)C(C)C.CCOC(=O)OC(C)OP(=O)(OC(C)OC(C)=O)OC(C)(C)C(C)C.CCOC(=O)OC(C)OP(=O)(OC(C)OC(C)=O)OC(C)C(C)C.CCOP(C)(=O)CCc1ccc(C(=O)OC(C)C(C)C)cc1.CCOP(C)(=O)Cc1ccc(C(=O)OCC(C)C)cc1. The van der Waals surface area contributed by atoms with E-state index in [9.17, 15) is 80.6 Å². The Kier molecular flexibility index (Phi) is 90.3. The first-order valence-electron chi connectivity index (χ1n) is 50.1. The fourth-order valence-corrected chi connectivity index (χ4v) is 15.0. The van der Waals surface area contributed by atoms with E-state index in [0.29, 0.717) is 98.4 Å². The van der Waals surface area contributed by atoms with Crippen LogP contribution < -0.4 is 5.32 Å². The van der Waals surface area contributed by atoms with Crippen LogP contribution in [0.2, 0.25) is 0 Å². The lowest BCUT2D eigenvalue weighted by Crippen LogP contribution is -2.32. The van der Waals surface area contributed by atoms with Crippen molar-refractivity contribution < 1.29 is 174 Å². The van der Waals surface area contributed by atoms with E-state index in [2.05, 4.69) is 54.1 Å². The third-order valence-electron chi connectivity index (χ3n) is 18.5. The van der Waals surface area contributed by atoms with Crippen LogP contribution in [0.3, 0.4) is 0 Å². The molecule has 0 saturated heterocycles. The molecule has 856 valence electrons. The van der Waals surface area contributed by atoms with Crippen molar-refractivity contribution in [3.05, 3.63) is 95.1 Å². The topological polar surface area (TPSA) is 487 Å². The van der Waals surface area contributed by atoms with E-state index in [-0.39, 0.29) is 84.7 Å². The van der Waals surface area contributed by atoms with Gasteiger partial charge in [0.2, 0.25) is 45.8 Å². The number of phosphoric acid groups is 2. The second-order valence-electron chi connectivity index (χ2n) is 38.0. The summed E-state index contributed by atoms with van der Waals surface area (Å²) in [6.45, 7) is 81.4. The zero-order valence-electron chi connectivity index (χ0n) is 96.9. The molecule has 42 heteroatoms. The van der Waals surface area contributed by atoms with Crippen LogP contribution in [0.15, 0.2) is 72.8 Å². The van der Waals surface area contributed by atoms with Crippen LogP contribution in [0, 0.1) is 59.2 Å². The van der Waals surface area contributed by atoms with E-state index in [4.69, 9.17) is 78.8 Å². The number of Topliss-reactive ketones (excluding diaryl/α,β-unsaturated/α-hetero) is 1. The van der Waals surface area contributed by atoms with Crippen molar-refractivity contribution in [2.75, 3.05) is 72.3 Å². The molecule has 0 bridgehead atoms. The molecule has 147 heavy (non-hydrogen) atoms. The number of nitrogens with one attached hydrogen (secondary N) is 1. The average Bonchev–Trinajstić information content (AvgIpc) is 0.819. The van der Waals surface area contributed by atoms with Crippen molar-refractivity contribution in [3.63, 3.8) is 0 Å². The minimum absolute atomic E-state index is 0.0100. The maximum atomic E-state index is 13.0. The Bertz CT molecular complexity index is 4250. The molecule has 0 aliphatic rings. The molecule has 0 saturated carbocycles. The number of aryl methyl sites for hydroxylation is 1. The van der Waals surface area contributed by atoms with Crippen molar-refractivity contribution >= 4 is 108 Å². The van der Waals surface area contributed by atoms with Crippen LogP contribution in [0.25, 0.3) is 0 Å². The number of carbonyl (C=O) groups is 13. The quantitative estimate of drug-likeness (QED) is 0.0211. The highest BCUT2D eigenvalue weighted by molar-refractivity contribution is 7.58. The van der Waals surface area contributed by atoms with Crippen molar-refractivity contribution in [2.24, 2.45) is 59.2 Å². The summed E-state index contributed by atoms with van der Waals surface area (Å²) in [7, 11) is -13.5. The number of ether oxygens (including phenoxy) is 12. The van der Waals surface area contributed by atoms with Crippen LogP contribution in [0.1, 0.15) is 335 Å². The number of ketones is 2. The van der Waals surface area contributed by atoms with E-state index in [1.165, 1.54) is 74.8 Å². The number of carbonyl (C=O) groups excluding carboxylic acids is 13. The van der Waals surface area contributed by atoms with Crippen LogP contribution in [0.4, 0.5) is 9.59 Å². The molecule has 2 rings (SSSR count). The largest absolute Gasteiger partial charge is 0.510 e. The summed E-state index contributed by atoms with van der Waals surface area (Å²) < 4.78 is 150. The Labute approximate surface area is 880 Å². The Morgan fingerprint density at radius 1 is 0.354 bits per heavy atom. The molecule has 1 N–H and O–H groups in total. The third-order valence-corrected chi connectivity index (χ3v) is 25.6. The minimum atomic E-state index is -4.25. The molecule has 12 atom stereocenters. The highest BCUT2D eigenvalue weighted by Crippen LogP contribution is 2.57. The van der Waals surface area contributed by atoms with Gasteiger partial charge in [0, 0.05) is 84.5 Å². The van der Waals surface area contributed by atoms with Crippen molar-refractivity contribution in [1.29, 1.82) is 0 Å². The van der Waals surface area contributed by atoms with Crippen molar-refractivity contribution in [3.8, 4) is 0 Å². The lowest BCUT2D eigenvalue weighted by atomic mass is 9.95. The number of allylic oxidation sites excluding steroid dienone is 1. The zero-order chi connectivity index (χ0) is 116. The summed E-state index contributed by atoms with van der Waals surface area (Å²) in [4.78, 5) is 142. The summed E-state index contributed by atoms with van der Waals surface area (Å²) in [6.07, 6.45) is 0.469. The molecule has 2 aromatic rings. The van der Waals surface area contributed by atoms with Crippen LogP contribution in [-0.2, 0) is 167 Å². The van der Waals surface area contributed by atoms with E-state index in [0.717, 1.165) is 48.2 Å². The summed E-state index contributed by atoms with van der Waals surface area (Å²) in [5.41, 5.74) is 2.09. The van der Waals surface area contributed by atoms with Gasteiger partial charge in [-0.1, -0.05) is 176 Å². The molecular weight excluding hydrogens is 1990 g/mol. The predicted octanol–water partition coefficient (Wildman–Crippen LogP) is 25.0. The standard InChI is InChI=1S/C17H27O4P.C15H29O9P.C15H23O4P.C14H27O9P.C11H18O4.C9H14O3.C7H14O2.C6H13NO.C6H12O.C5H12/c1-6-20-22(5,19)12-11-15-7-9-16(10-8-15)17(18)21-14(4)13(2)3;1-9-19-14(17)21-13(6)23-25(18,22-12(5)20-11(4)16)24-15(7,8)10(2)3;1-5-19-20(4,17)11-13-6-8-14(9-7-13)15(16)18-10-12(2)3;1-8-18-14(16)20-13(7)23-24(17,21-10(4)9(2)3)22-12(6)19-11(5)15;1-5-14-10(12)6-7-11(13)15-9(4)8(2)3;1-7(2)6-12-9(11)5-4-8(3)10;1-5(2)6(3)9-7(4)8;1-5(2)4-7-6(3)8;1-5(2)4-6(3)7;1-4-5(2)3/h7-10,13-14H,6,11-12H2,1-5H3;10,12-13H,9H2,1-8H3;6-9,12H,5,10-11H2,1-4H3;9-10,12-13H,8H2,1-7H3;6-9H,5H2,1-4H3;4-5,7H,6H2,1-3H3;5-6H,1-4H3;5H,4H2,1-3H3,(H,7,8);5H,4H2,1-3H3;5H,4H2,1-3H3/b;;;;7-6+;5-4+;;;;. The van der Waals surface area contributed by atoms with Gasteiger partial charge in [-0.2, -0.15) is 0 Å². The maximum Gasteiger partial charge on any atom is 0.510 e. The van der Waals surface area contributed by atoms with E-state index in [1.807, 2.05) is 151 Å². The van der Waals surface area contributed by atoms with Crippen molar-refractivity contribution in [2.45, 2.75) is 371 Å². The number of phosphoric ester groups is 2. The van der Waals surface area contributed by atoms with Crippen molar-refractivity contribution in [1.82, 2.24) is 5.32 Å². The molecule has 1 amide bonds. The Morgan fingerprint density at radius 2 is 0.707 bits per heavy atom. The number of rotatable bonds is 51. The number of esters is 8. The summed E-state index contributed by atoms with van der Waals surface area (Å²) >= 11 is 0. The van der Waals surface area contributed by atoms with Gasteiger partial charge in [-0.25, -0.2) is 60.8 Å². The third kappa shape index (κ3) is 99.4. The number of hydrogen-bond acceptors (Lipinski definition) is 37. The van der Waals surface area contributed by atoms with Gasteiger partial charge < -0.3 is 76.0 Å². The maximum absolute atomic E-state index is 13.0. The fourth-order valence-electron chi connectivity index (χ4n) is 8.78. The molecule has 0 fully saturated rings.